The van der Waals surface area contributed by atoms with E-state index in [9.17, 15) is 14.4 Å². The second kappa shape index (κ2) is 9.75. The summed E-state index contributed by atoms with van der Waals surface area (Å²) >= 11 is 0. The van der Waals surface area contributed by atoms with E-state index in [1.165, 1.54) is 22.0 Å². The number of carbonyl (C=O) groups is 2. The summed E-state index contributed by atoms with van der Waals surface area (Å²) in [5.74, 6) is -0.651. The third kappa shape index (κ3) is 4.71. The number of imidazole rings is 1. The van der Waals surface area contributed by atoms with Gasteiger partial charge in [-0.2, -0.15) is 0 Å². The van der Waals surface area contributed by atoms with Gasteiger partial charge >= 0.3 is 5.69 Å². The van der Waals surface area contributed by atoms with Crippen molar-refractivity contribution < 1.29 is 9.59 Å². The van der Waals surface area contributed by atoms with E-state index >= 15 is 0 Å². The molecule has 4 rings (SSSR count). The van der Waals surface area contributed by atoms with Gasteiger partial charge in [0.05, 0.1) is 11.0 Å². The average molecular weight is 464 g/mol. The minimum atomic E-state index is -1.11. The van der Waals surface area contributed by atoms with Crippen LogP contribution in [-0.2, 0) is 23.2 Å². The van der Waals surface area contributed by atoms with E-state index in [4.69, 9.17) is 0 Å². The first-order valence-corrected chi connectivity index (χ1v) is 11.9. The Morgan fingerprint density at radius 2 is 1.74 bits per heavy atom. The fourth-order valence-corrected chi connectivity index (χ4v) is 4.76. The number of benzene rings is 2. The lowest BCUT2D eigenvalue weighted by Crippen LogP contribution is -2.55. The van der Waals surface area contributed by atoms with E-state index in [1.54, 1.807) is 14.0 Å². The van der Waals surface area contributed by atoms with Crippen molar-refractivity contribution in [3.05, 3.63) is 59.0 Å². The van der Waals surface area contributed by atoms with Gasteiger partial charge in [-0.15, -0.1) is 0 Å². The molecule has 3 aromatic rings. The summed E-state index contributed by atoms with van der Waals surface area (Å²) in [7, 11) is 1.68. The van der Waals surface area contributed by atoms with Crippen LogP contribution in [0.15, 0.2) is 53.3 Å². The van der Waals surface area contributed by atoms with Gasteiger partial charge in [-0.3, -0.25) is 18.7 Å². The predicted molar refractivity (Wildman–Crippen MR) is 135 cm³/mol. The summed E-state index contributed by atoms with van der Waals surface area (Å²) in [5, 5.41) is 5.90. The maximum atomic E-state index is 13.3. The summed E-state index contributed by atoms with van der Waals surface area (Å²) < 4.78 is 2.96. The Bertz CT molecular complexity index is 1250. The molecule has 8 nitrogen and oxygen atoms in total. The van der Waals surface area contributed by atoms with Gasteiger partial charge in [0.1, 0.15) is 12.1 Å². The number of amides is 2. The zero-order valence-electron chi connectivity index (χ0n) is 20.1. The van der Waals surface area contributed by atoms with E-state index in [2.05, 4.69) is 21.6 Å². The fraction of sp³-hybridized carbons (Fsp3) is 0.423. The number of rotatable bonds is 8. The van der Waals surface area contributed by atoms with Gasteiger partial charge in [0.15, 0.2) is 0 Å². The van der Waals surface area contributed by atoms with Crippen LogP contribution in [0.1, 0.15) is 39.5 Å². The number of hydrogen-bond donors (Lipinski definition) is 2. The molecule has 0 spiro atoms. The zero-order chi connectivity index (χ0) is 24.3. The van der Waals surface area contributed by atoms with Crippen molar-refractivity contribution in [1.82, 2.24) is 14.5 Å². The lowest BCUT2D eigenvalue weighted by molar-refractivity contribution is -0.130. The number of nitrogens with one attached hydrogen (secondary N) is 2. The van der Waals surface area contributed by atoms with Crippen molar-refractivity contribution in [3.63, 3.8) is 0 Å². The minimum absolute atomic E-state index is 0.156. The molecule has 1 atom stereocenters. The molecule has 8 heteroatoms. The van der Waals surface area contributed by atoms with Gasteiger partial charge in [0.25, 0.3) is 0 Å². The number of carbonyl (C=O) groups excluding carboxylic acids is 2. The first kappa shape index (κ1) is 23.6. The number of nitrogens with zero attached hydrogens (tertiary/aromatic N) is 3. The van der Waals surface area contributed by atoms with Gasteiger partial charge in [-0.1, -0.05) is 31.5 Å². The highest BCUT2D eigenvalue weighted by Gasteiger charge is 2.34. The molecule has 2 N–H and O–H groups in total. The first-order valence-electron chi connectivity index (χ1n) is 11.9. The molecule has 2 amide bonds. The smallest absolute Gasteiger partial charge is 0.329 e. The highest BCUT2D eigenvalue weighted by Crippen LogP contribution is 2.24. The van der Waals surface area contributed by atoms with Crippen LogP contribution in [0.25, 0.3) is 11.0 Å². The molecule has 1 saturated heterocycles. The predicted octanol–water partition coefficient (Wildman–Crippen LogP) is 3.25. The van der Waals surface area contributed by atoms with E-state index in [0.29, 0.717) is 24.0 Å². The summed E-state index contributed by atoms with van der Waals surface area (Å²) in [5.41, 5.74) is 1.86. The number of aromatic nitrogens is 2. The fourth-order valence-electron chi connectivity index (χ4n) is 4.76. The maximum absolute atomic E-state index is 13.3. The Kier molecular flexibility index (Phi) is 6.77. The molecule has 1 aliphatic heterocycles. The third-order valence-corrected chi connectivity index (χ3v) is 6.60. The highest BCUT2D eigenvalue weighted by molar-refractivity contribution is 6.00. The zero-order valence-corrected chi connectivity index (χ0v) is 20.1. The number of hydrogen-bond acceptors (Lipinski definition) is 4. The molecule has 0 bridgehead atoms. The van der Waals surface area contributed by atoms with Gasteiger partial charge < -0.3 is 15.5 Å². The summed E-state index contributed by atoms with van der Waals surface area (Å²) in [6.45, 7) is 5.60. The number of anilines is 2. The van der Waals surface area contributed by atoms with Gasteiger partial charge in [-0.05, 0) is 56.5 Å². The second-order valence-corrected chi connectivity index (χ2v) is 9.25. The molecule has 2 heterocycles. The van der Waals surface area contributed by atoms with Crippen molar-refractivity contribution in [2.45, 2.75) is 51.6 Å². The van der Waals surface area contributed by atoms with Gasteiger partial charge in [0.2, 0.25) is 11.8 Å². The first-order chi connectivity index (χ1) is 16.3. The van der Waals surface area contributed by atoms with Gasteiger partial charge in [0, 0.05) is 31.5 Å². The molecule has 2 aromatic carbocycles. The molecular weight excluding hydrogens is 430 g/mol. The Balaban J connectivity index is 1.50. The van der Waals surface area contributed by atoms with Crippen LogP contribution in [-0.4, -0.2) is 39.6 Å². The average Bonchev–Trinajstić information content (AvgIpc) is 3.44. The molecule has 1 aliphatic rings. The summed E-state index contributed by atoms with van der Waals surface area (Å²) in [6.07, 6.45) is 3.54. The van der Waals surface area contributed by atoms with Crippen molar-refractivity contribution in [2.24, 2.45) is 7.05 Å². The van der Waals surface area contributed by atoms with E-state index in [0.717, 1.165) is 24.3 Å². The molecule has 34 heavy (non-hydrogen) atoms. The summed E-state index contributed by atoms with van der Waals surface area (Å²) in [6, 6.07) is 15.2. The van der Waals surface area contributed by atoms with Crippen LogP contribution >= 0.6 is 0 Å². The summed E-state index contributed by atoms with van der Waals surface area (Å²) in [4.78, 5) is 41.3. The van der Waals surface area contributed by atoms with E-state index in [-0.39, 0.29) is 24.0 Å². The molecule has 0 radical (unpaired) electrons. The van der Waals surface area contributed by atoms with Crippen LogP contribution in [0, 0.1) is 0 Å². The molecule has 0 saturated carbocycles. The molecule has 0 unspecified atom stereocenters. The normalized spacial score (nSPS) is 15.3. The second-order valence-electron chi connectivity index (χ2n) is 9.25. The number of para-hydroxylation sites is 2. The largest absolute Gasteiger partial charge is 0.371 e. The number of fused-ring (bicyclic) bond motifs is 1. The van der Waals surface area contributed by atoms with Crippen LogP contribution in [0.4, 0.5) is 11.4 Å². The third-order valence-electron chi connectivity index (χ3n) is 6.60. The Morgan fingerprint density at radius 3 is 2.44 bits per heavy atom. The quantitative estimate of drug-likeness (QED) is 0.537. The maximum Gasteiger partial charge on any atom is 0.329 e. The Hall–Kier alpha value is -3.55. The SMILES string of the molecule is CCC[C@@](C)(NC(=O)Cn1c(=O)n(C)c2ccccc21)C(=O)Nc1cccc(N2CCCC2)c1. The number of aryl methyl sites for hydroxylation is 1. The lowest BCUT2D eigenvalue weighted by atomic mass is 9.94. The van der Waals surface area contributed by atoms with Crippen molar-refractivity contribution in [1.29, 1.82) is 0 Å². The van der Waals surface area contributed by atoms with Crippen LogP contribution in [0.3, 0.4) is 0 Å². The van der Waals surface area contributed by atoms with Crippen molar-refractivity contribution in [3.8, 4) is 0 Å². The monoisotopic (exact) mass is 463 g/mol. The Morgan fingerprint density at radius 1 is 1.03 bits per heavy atom. The molecule has 1 aromatic heterocycles. The Labute approximate surface area is 199 Å². The van der Waals surface area contributed by atoms with Gasteiger partial charge in [-0.25, -0.2) is 4.79 Å². The van der Waals surface area contributed by atoms with Crippen LogP contribution < -0.4 is 21.2 Å². The minimum Gasteiger partial charge on any atom is -0.371 e. The van der Waals surface area contributed by atoms with Crippen molar-refractivity contribution >= 4 is 34.2 Å². The standard InChI is InChI=1S/C26H33N5O3/c1-4-14-26(2,24(33)27-19-10-9-11-20(17-19)30-15-7-8-16-30)28-23(32)18-31-22-13-6-5-12-21(22)29(3)25(31)34/h5-6,9-13,17H,4,7-8,14-16,18H2,1-3H3,(H,27,33)(H,28,32)/t26-/m1/s1. The lowest BCUT2D eigenvalue weighted by Gasteiger charge is -2.29. The van der Waals surface area contributed by atoms with E-state index in [1.807, 2.05) is 49.4 Å². The van der Waals surface area contributed by atoms with Crippen LogP contribution in [0.2, 0.25) is 0 Å². The van der Waals surface area contributed by atoms with E-state index < -0.39 is 5.54 Å². The molecular formula is C26H33N5O3. The highest BCUT2D eigenvalue weighted by atomic mass is 16.2. The topological polar surface area (TPSA) is 88.4 Å². The molecule has 180 valence electrons. The molecule has 0 aliphatic carbocycles. The molecule has 1 fully saturated rings. The van der Waals surface area contributed by atoms with Crippen LogP contribution in [0.5, 0.6) is 0 Å². The van der Waals surface area contributed by atoms with Crippen molar-refractivity contribution in [2.75, 3.05) is 23.3 Å².